The van der Waals surface area contributed by atoms with Crippen LogP contribution in [0, 0.1) is 0 Å². The third-order valence-corrected chi connectivity index (χ3v) is 3.53. The van der Waals surface area contributed by atoms with Crippen molar-refractivity contribution in [1.82, 2.24) is 5.32 Å². The monoisotopic (exact) mass is 333 g/mol. The minimum absolute atomic E-state index is 0. The van der Waals surface area contributed by atoms with Crippen molar-refractivity contribution in [2.45, 2.75) is 25.6 Å². The number of aliphatic hydroxyl groups is 1. The molecule has 2 rings (SSSR count). The van der Waals surface area contributed by atoms with Gasteiger partial charge < -0.3 is 15.2 Å². The van der Waals surface area contributed by atoms with Crippen LogP contribution in [0.25, 0.3) is 0 Å². The summed E-state index contributed by atoms with van der Waals surface area (Å²) >= 11 is 0. The molecule has 4 heteroatoms. The van der Waals surface area contributed by atoms with Crippen molar-refractivity contribution < 1.29 is 9.84 Å². The maximum Gasteiger partial charge on any atom is 0.119 e. The lowest BCUT2D eigenvalue weighted by Crippen LogP contribution is -2.31. The van der Waals surface area contributed by atoms with Crippen LogP contribution >= 0.6 is 12.4 Å². The highest BCUT2D eigenvalue weighted by Gasteiger charge is 2.15. The van der Waals surface area contributed by atoms with Crippen molar-refractivity contribution >= 4 is 12.4 Å². The molecule has 2 atom stereocenters. The van der Waals surface area contributed by atoms with E-state index in [4.69, 9.17) is 4.74 Å². The molecule has 0 bridgehead atoms. The van der Waals surface area contributed by atoms with Gasteiger partial charge in [-0.15, -0.1) is 12.4 Å². The van der Waals surface area contributed by atoms with Gasteiger partial charge in [-0.2, -0.15) is 0 Å². The van der Waals surface area contributed by atoms with Crippen molar-refractivity contribution in [1.29, 1.82) is 0 Å². The van der Waals surface area contributed by atoms with Gasteiger partial charge in [-0.05, 0) is 30.2 Å². The van der Waals surface area contributed by atoms with Crippen LogP contribution in [0.5, 0.6) is 5.75 Å². The second kappa shape index (κ2) is 10.1. The molecule has 0 saturated heterocycles. The molecule has 2 aromatic carbocycles. The van der Waals surface area contributed by atoms with Gasteiger partial charge in [-0.1, -0.05) is 55.1 Å². The van der Waals surface area contributed by atoms with Gasteiger partial charge in [0.15, 0.2) is 0 Å². The van der Waals surface area contributed by atoms with Crippen LogP contribution in [0.2, 0.25) is 0 Å². The summed E-state index contributed by atoms with van der Waals surface area (Å²) < 4.78 is 5.45. The molecule has 2 aromatic rings. The van der Waals surface area contributed by atoms with E-state index < -0.39 is 6.10 Å². The highest BCUT2D eigenvalue weighted by Crippen LogP contribution is 2.17. The van der Waals surface area contributed by atoms with E-state index in [-0.39, 0.29) is 18.4 Å². The van der Waals surface area contributed by atoms with Gasteiger partial charge in [0.25, 0.3) is 0 Å². The predicted molar refractivity (Wildman–Crippen MR) is 97.1 cm³/mol. The molecule has 124 valence electrons. The summed E-state index contributed by atoms with van der Waals surface area (Å²) in [5.74, 6) is 0.834. The largest absolute Gasteiger partial charge is 0.490 e. The maximum atomic E-state index is 10.3. The third-order valence-electron chi connectivity index (χ3n) is 3.53. The fraction of sp³-hybridized carbons (Fsp3) is 0.263. The molecule has 0 aromatic heterocycles. The van der Waals surface area contributed by atoms with E-state index in [1.165, 1.54) is 0 Å². The summed E-state index contributed by atoms with van der Waals surface area (Å²) in [6.07, 6.45) is 1.21. The summed E-state index contributed by atoms with van der Waals surface area (Å²) in [6, 6.07) is 17.6. The fourth-order valence-corrected chi connectivity index (χ4v) is 2.19. The van der Waals surface area contributed by atoms with Crippen molar-refractivity contribution in [2.24, 2.45) is 0 Å². The van der Waals surface area contributed by atoms with Crippen molar-refractivity contribution in [3.05, 3.63) is 78.4 Å². The van der Waals surface area contributed by atoms with Crippen LogP contribution in [0.15, 0.2) is 67.3 Å². The summed E-state index contributed by atoms with van der Waals surface area (Å²) in [7, 11) is 0. The summed E-state index contributed by atoms with van der Waals surface area (Å²) in [5, 5.41) is 13.7. The Morgan fingerprint density at radius 3 is 2.39 bits per heavy atom. The molecule has 0 aliphatic rings. The fourth-order valence-electron chi connectivity index (χ4n) is 2.19. The number of nitrogens with one attached hydrogen (secondary N) is 1. The molecule has 0 radical (unpaired) electrons. The minimum Gasteiger partial charge on any atom is -0.490 e. The zero-order valence-electron chi connectivity index (χ0n) is 13.3. The molecule has 2 unspecified atom stereocenters. The van der Waals surface area contributed by atoms with E-state index in [2.05, 4.69) is 11.9 Å². The molecule has 0 fully saturated rings. The zero-order valence-corrected chi connectivity index (χ0v) is 14.1. The first-order chi connectivity index (χ1) is 10.7. The third kappa shape index (κ3) is 6.06. The number of rotatable bonds is 8. The van der Waals surface area contributed by atoms with Gasteiger partial charge in [0.2, 0.25) is 0 Å². The lowest BCUT2D eigenvalue weighted by Gasteiger charge is -2.20. The number of aliphatic hydroxyl groups excluding tert-OH is 1. The molecule has 23 heavy (non-hydrogen) atoms. The molecular formula is C19H24ClNO2. The lowest BCUT2D eigenvalue weighted by molar-refractivity contribution is 0.135. The summed E-state index contributed by atoms with van der Waals surface area (Å²) in [4.78, 5) is 0. The summed E-state index contributed by atoms with van der Waals surface area (Å²) in [5.41, 5.74) is 2.08. The molecule has 0 amide bonds. The molecule has 0 aliphatic heterocycles. The van der Waals surface area contributed by atoms with Crippen molar-refractivity contribution in [2.75, 3.05) is 6.61 Å². The average Bonchev–Trinajstić information content (AvgIpc) is 2.58. The highest BCUT2D eigenvalue weighted by atomic mass is 35.5. The van der Waals surface area contributed by atoms with Crippen molar-refractivity contribution in [3.8, 4) is 5.75 Å². The lowest BCUT2D eigenvalue weighted by atomic mass is 10.0. The summed E-state index contributed by atoms with van der Waals surface area (Å²) in [6.45, 7) is 6.82. The molecule has 0 spiro atoms. The second-order valence-electron chi connectivity index (χ2n) is 5.27. The average molecular weight is 334 g/mol. The normalized spacial score (nSPS) is 12.8. The first kappa shape index (κ1) is 19.2. The number of hydrogen-bond donors (Lipinski definition) is 2. The van der Waals surface area contributed by atoms with Crippen LogP contribution in [0.1, 0.15) is 24.2 Å². The maximum absolute atomic E-state index is 10.3. The Bertz CT molecular complexity index is 572. The van der Waals surface area contributed by atoms with E-state index in [9.17, 15) is 5.11 Å². The minimum atomic E-state index is -0.517. The quantitative estimate of drug-likeness (QED) is 0.720. The Hall–Kier alpha value is -1.81. The van der Waals surface area contributed by atoms with Gasteiger partial charge in [-0.25, -0.2) is 0 Å². The smallest absolute Gasteiger partial charge is 0.119 e. The number of hydrogen-bond acceptors (Lipinski definition) is 3. The van der Waals surface area contributed by atoms with Gasteiger partial charge in [0.05, 0.1) is 6.10 Å². The van der Waals surface area contributed by atoms with Crippen molar-refractivity contribution in [3.63, 3.8) is 0 Å². The van der Waals surface area contributed by atoms with Crippen LogP contribution in [0.4, 0.5) is 0 Å². The highest BCUT2D eigenvalue weighted by molar-refractivity contribution is 5.85. The zero-order chi connectivity index (χ0) is 15.8. The first-order valence-electron chi connectivity index (χ1n) is 7.49. The van der Waals surface area contributed by atoms with Crippen LogP contribution in [-0.4, -0.2) is 17.8 Å². The molecule has 3 nitrogen and oxygen atoms in total. The van der Waals surface area contributed by atoms with E-state index in [1.807, 2.05) is 61.5 Å². The first-order valence-corrected chi connectivity index (χ1v) is 7.49. The van der Waals surface area contributed by atoms with Gasteiger partial charge in [0, 0.05) is 12.6 Å². The number of benzene rings is 2. The Morgan fingerprint density at radius 2 is 1.78 bits per heavy atom. The topological polar surface area (TPSA) is 41.5 Å². The Balaban J connectivity index is 0.00000264. The van der Waals surface area contributed by atoms with E-state index in [0.29, 0.717) is 13.2 Å². The molecule has 0 heterocycles. The standard InChI is InChI=1S/C19H23NO2.ClH/c1-3-13-22-18-11-9-16(10-12-18)14-20-15(2)19(21)17-7-5-4-6-8-17;/h3-12,15,19-21H,1,13-14H2,2H3;1H. The van der Waals surface area contributed by atoms with Gasteiger partial charge in [-0.3, -0.25) is 0 Å². The second-order valence-corrected chi connectivity index (χ2v) is 5.27. The van der Waals surface area contributed by atoms with E-state index in [0.717, 1.165) is 16.9 Å². The Kier molecular flexibility index (Phi) is 8.41. The molecule has 0 aliphatic carbocycles. The Labute approximate surface area is 144 Å². The Morgan fingerprint density at radius 1 is 1.13 bits per heavy atom. The van der Waals surface area contributed by atoms with Crippen LogP contribution in [-0.2, 0) is 6.54 Å². The molecular weight excluding hydrogens is 310 g/mol. The van der Waals surface area contributed by atoms with Crippen LogP contribution in [0.3, 0.4) is 0 Å². The van der Waals surface area contributed by atoms with Crippen LogP contribution < -0.4 is 10.1 Å². The predicted octanol–water partition coefficient (Wildman–Crippen LogP) is 3.88. The SMILES string of the molecule is C=CCOc1ccc(CNC(C)C(O)c2ccccc2)cc1.Cl. The van der Waals surface area contributed by atoms with Gasteiger partial charge >= 0.3 is 0 Å². The van der Waals surface area contributed by atoms with Gasteiger partial charge in [0.1, 0.15) is 12.4 Å². The molecule has 2 N–H and O–H groups in total. The molecule has 0 saturated carbocycles. The van der Waals surface area contributed by atoms with E-state index in [1.54, 1.807) is 6.08 Å². The number of halogens is 1. The number of ether oxygens (including phenoxy) is 1. The van der Waals surface area contributed by atoms with E-state index >= 15 is 0 Å².